The van der Waals surface area contributed by atoms with Crippen LogP contribution >= 0.6 is 0 Å². The number of nitrogens with two attached hydrogens (primary N) is 2. The van der Waals surface area contributed by atoms with Crippen molar-refractivity contribution < 1.29 is 0 Å². The Kier molecular flexibility index (Phi) is 3.31. The number of fused-ring (bicyclic) bond motifs is 1. The molecule has 2 aromatic heterocycles. The van der Waals surface area contributed by atoms with Gasteiger partial charge in [0.2, 0.25) is 0 Å². The number of nitrogens with zero attached hydrogens (tertiary/aromatic N) is 3. The highest BCUT2D eigenvalue weighted by Gasteiger charge is 2.06. The predicted octanol–water partition coefficient (Wildman–Crippen LogP) is 0.607. The smallest absolute Gasteiger partial charge is 0.183 e. The Morgan fingerprint density at radius 2 is 2.06 bits per heavy atom. The van der Waals surface area contributed by atoms with E-state index in [2.05, 4.69) is 19.9 Å². The molecule has 86 valence electrons. The Morgan fingerprint density at radius 3 is 2.81 bits per heavy atom. The number of anilines is 1. The number of hydrogen-bond acceptors (Lipinski definition) is 5. The van der Waals surface area contributed by atoms with E-state index < -0.39 is 0 Å². The number of unbranched alkanes of at least 4 members (excludes halogenated alkanes) is 2. The number of imidazole rings is 1. The minimum Gasteiger partial charge on any atom is -0.382 e. The lowest BCUT2D eigenvalue weighted by atomic mass is 10.2. The van der Waals surface area contributed by atoms with Gasteiger partial charge in [-0.2, -0.15) is 0 Å². The fourth-order valence-electron chi connectivity index (χ4n) is 1.63. The third-order valence-electron chi connectivity index (χ3n) is 2.48. The molecule has 0 fully saturated rings. The molecule has 0 spiro atoms. The number of H-pyrrole nitrogens is 1. The topological polar surface area (TPSA) is 106 Å². The van der Waals surface area contributed by atoms with Crippen LogP contribution in [0.15, 0.2) is 6.33 Å². The highest BCUT2D eigenvalue weighted by Crippen LogP contribution is 2.14. The van der Waals surface area contributed by atoms with E-state index in [-0.39, 0.29) is 0 Å². The highest BCUT2D eigenvalue weighted by atomic mass is 15.0. The van der Waals surface area contributed by atoms with Crippen molar-refractivity contribution >= 4 is 17.0 Å². The first-order valence-corrected chi connectivity index (χ1v) is 5.46. The summed E-state index contributed by atoms with van der Waals surface area (Å²) in [5.74, 6) is 1.37. The van der Waals surface area contributed by atoms with Crippen LogP contribution in [0.2, 0.25) is 0 Å². The molecule has 0 aromatic carbocycles. The van der Waals surface area contributed by atoms with Crippen molar-refractivity contribution in [3.63, 3.8) is 0 Å². The van der Waals surface area contributed by atoms with Gasteiger partial charge in [0.15, 0.2) is 11.5 Å². The molecule has 16 heavy (non-hydrogen) atoms. The maximum atomic E-state index is 5.71. The lowest BCUT2D eigenvalue weighted by molar-refractivity contribution is 0.674. The van der Waals surface area contributed by atoms with E-state index in [4.69, 9.17) is 11.5 Å². The summed E-state index contributed by atoms with van der Waals surface area (Å²) in [7, 11) is 0. The molecule has 0 saturated carbocycles. The summed E-state index contributed by atoms with van der Waals surface area (Å²) in [6.07, 6.45) is 5.58. The molecule has 2 aromatic rings. The normalized spacial score (nSPS) is 11.1. The van der Waals surface area contributed by atoms with Gasteiger partial charge in [-0.3, -0.25) is 0 Å². The summed E-state index contributed by atoms with van der Waals surface area (Å²) < 4.78 is 0. The Labute approximate surface area is 93.5 Å². The van der Waals surface area contributed by atoms with Crippen molar-refractivity contribution in [2.75, 3.05) is 12.3 Å². The van der Waals surface area contributed by atoms with Gasteiger partial charge < -0.3 is 16.5 Å². The zero-order valence-electron chi connectivity index (χ0n) is 9.11. The third kappa shape index (κ3) is 2.27. The molecule has 0 saturated heterocycles. The fourth-order valence-corrected chi connectivity index (χ4v) is 1.63. The molecule has 0 aliphatic carbocycles. The number of aryl methyl sites for hydroxylation is 1. The van der Waals surface area contributed by atoms with Crippen LogP contribution in [-0.4, -0.2) is 26.5 Å². The maximum Gasteiger partial charge on any atom is 0.183 e. The van der Waals surface area contributed by atoms with Crippen LogP contribution in [0.25, 0.3) is 11.2 Å². The van der Waals surface area contributed by atoms with Gasteiger partial charge in [-0.15, -0.1) is 0 Å². The number of aromatic nitrogens is 4. The molecule has 0 amide bonds. The van der Waals surface area contributed by atoms with E-state index >= 15 is 0 Å². The zero-order chi connectivity index (χ0) is 11.4. The molecule has 2 rings (SSSR count). The number of nitrogen functional groups attached to an aromatic ring is 1. The first-order valence-electron chi connectivity index (χ1n) is 5.46. The zero-order valence-corrected chi connectivity index (χ0v) is 9.11. The van der Waals surface area contributed by atoms with E-state index in [0.29, 0.717) is 11.5 Å². The lowest BCUT2D eigenvalue weighted by Crippen LogP contribution is -1.98. The molecule has 0 atom stereocenters. The van der Waals surface area contributed by atoms with Crippen molar-refractivity contribution in [2.45, 2.75) is 25.7 Å². The van der Waals surface area contributed by atoms with Gasteiger partial charge >= 0.3 is 0 Å². The van der Waals surface area contributed by atoms with Gasteiger partial charge in [0.1, 0.15) is 17.7 Å². The minimum absolute atomic E-state index is 0.450. The largest absolute Gasteiger partial charge is 0.382 e. The Bertz CT molecular complexity index is 463. The Balaban J connectivity index is 2.05. The van der Waals surface area contributed by atoms with Crippen LogP contribution in [0, 0.1) is 0 Å². The summed E-state index contributed by atoms with van der Waals surface area (Å²) in [5, 5.41) is 0. The molecule has 5 N–H and O–H groups in total. The van der Waals surface area contributed by atoms with Gasteiger partial charge in [-0.25, -0.2) is 15.0 Å². The lowest BCUT2D eigenvalue weighted by Gasteiger charge is -1.95. The summed E-state index contributed by atoms with van der Waals surface area (Å²) >= 11 is 0. The minimum atomic E-state index is 0.450. The first kappa shape index (κ1) is 10.8. The number of nitrogens with one attached hydrogen (secondary N) is 1. The van der Waals surface area contributed by atoms with Crippen LogP contribution in [0.4, 0.5) is 5.82 Å². The summed E-state index contributed by atoms with van der Waals surface area (Å²) in [4.78, 5) is 15.5. The Hall–Kier alpha value is -1.69. The number of hydrogen-bond donors (Lipinski definition) is 3. The van der Waals surface area contributed by atoms with Crippen molar-refractivity contribution in [1.29, 1.82) is 0 Å². The summed E-state index contributed by atoms with van der Waals surface area (Å²) in [6, 6.07) is 0. The monoisotopic (exact) mass is 220 g/mol. The molecule has 2 heterocycles. The molecule has 0 bridgehead atoms. The summed E-state index contributed by atoms with van der Waals surface area (Å²) in [5.41, 5.74) is 12.5. The van der Waals surface area contributed by atoms with Crippen molar-refractivity contribution in [2.24, 2.45) is 5.73 Å². The van der Waals surface area contributed by atoms with Crippen LogP contribution in [0.5, 0.6) is 0 Å². The van der Waals surface area contributed by atoms with Gasteiger partial charge in [-0.05, 0) is 19.4 Å². The quantitative estimate of drug-likeness (QED) is 0.640. The second-order valence-electron chi connectivity index (χ2n) is 3.74. The average molecular weight is 220 g/mol. The second kappa shape index (κ2) is 4.89. The molecule has 0 aliphatic heterocycles. The average Bonchev–Trinajstić information content (AvgIpc) is 2.69. The van der Waals surface area contributed by atoms with Crippen LogP contribution in [0.1, 0.15) is 25.1 Å². The molecular weight excluding hydrogens is 204 g/mol. The van der Waals surface area contributed by atoms with E-state index in [1.807, 2.05) is 0 Å². The highest BCUT2D eigenvalue weighted by molar-refractivity contribution is 5.80. The standard InChI is InChI=1S/C10H16N6/c11-5-3-1-2-4-7-15-8-9(12)13-6-14-10(8)16-7/h6H,1-5,11H2,(H3,12,13,14,15,16). The van der Waals surface area contributed by atoms with Crippen molar-refractivity contribution in [3.05, 3.63) is 12.2 Å². The second-order valence-corrected chi connectivity index (χ2v) is 3.74. The molecule has 0 unspecified atom stereocenters. The molecule has 0 radical (unpaired) electrons. The van der Waals surface area contributed by atoms with Gasteiger partial charge in [0.05, 0.1) is 0 Å². The van der Waals surface area contributed by atoms with Crippen LogP contribution in [-0.2, 0) is 6.42 Å². The van der Waals surface area contributed by atoms with Crippen molar-refractivity contribution in [1.82, 2.24) is 19.9 Å². The van der Waals surface area contributed by atoms with Crippen LogP contribution in [0.3, 0.4) is 0 Å². The predicted molar refractivity (Wildman–Crippen MR) is 62.7 cm³/mol. The Morgan fingerprint density at radius 1 is 1.19 bits per heavy atom. The van der Waals surface area contributed by atoms with Crippen molar-refractivity contribution in [3.8, 4) is 0 Å². The first-order chi connectivity index (χ1) is 7.81. The number of aromatic amines is 1. The fraction of sp³-hybridized carbons (Fsp3) is 0.500. The SMILES string of the molecule is NCCCCCc1nc2ncnc(N)c2[nH]1. The number of rotatable bonds is 5. The van der Waals surface area contributed by atoms with E-state index in [0.717, 1.165) is 43.6 Å². The maximum absolute atomic E-state index is 5.71. The van der Waals surface area contributed by atoms with Gasteiger partial charge in [0, 0.05) is 6.42 Å². The summed E-state index contributed by atoms with van der Waals surface area (Å²) in [6.45, 7) is 0.749. The van der Waals surface area contributed by atoms with Gasteiger partial charge in [0.25, 0.3) is 0 Å². The molecule has 6 heteroatoms. The van der Waals surface area contributed by atoms with Crippen LogP contribution < -0.4 is 11.5 Å². The molecule has 0 aliphatic rings. The van der Waals surface area contributed by atoms with E-state index in [1.54, 1.807) is 0 Å². The van der Waals surface area contributed by atoms with E-state index in [1.165, 1.54) is 6.33 Å². The van der Waals surface area contributed by atoms with Gasteiger partial charge in [-0.1, -0.05) is 6.42 Å². The van der Waals surface area contributed by atoms with E-state index in [9.17, 15) is 0 Å². The molecular formula is C10H16N6. The molecule has 6 nitrogen and oxygen atoms in total. The third-order valence-corrected chi connectivity index (χ3v) is 2.48.